The molecule has 0 radical (unpaired) electrons. The summed E-state index contributed by atoms with van der Waals surface area (Å²) in [6, 6.07) is 28.2. The second-order valence-corrected chi connectivity index (χ2v) is 13.7. The first-order valence-electron chi connectivity index (χ1n) is 14.7. The number of nitrogens with one attached hydrogen (secondary N) is 1. The van der Waals surface area contributed by atoms with E-state index in [-0.39, 0.29) is 29.8 Å². The van der Waals surface area contributed by atoms with Crippen molar-refractivity contribution >= 4 is 50.7 Å². The molecule has 45 heavy (non-hydrogen) atoms. The van der Waals surface area contributed by atoms with Gasteiger partial charge in [0.1, 0.15) is 12.6 Å². The van der Waals surface area contributed by atoms with Gasteiger partial charge in [-0.1, -0.05) is 90.8 Å². The quantitative estimate of drug-likeness (QED) is 0.166. The van der Waals surface area contributed by atoms with Crippen molar-refractivity contribution in [2.75, 3.05) is 10.8 Å². The van der Waals surface area contributed by atoms with Gasteiger partial charge in [0.25, 0.3) is 10.0 Å². The molecule has 0 saturated heterocycles. The second kappa shape index (κ2) is 15.4. The van der Waals surface area contributed by atoms with E-state index in [1.54, 1.807) is 61.5 Å². The molecule has 7 nitrogen and oxygen atoms in total. The average molecular weight is 667 g/mol. The van der Waals surface area contributed by atoms with E-state index in [4.69, 9.17) is 23.2 Å². The third-order valence-electron chi connectivity index (χ3n) is 7.55. The molecule has 1 N–H and O–H groups in total. The minimum atomic E-state index is -4.20. The summed E-state index contributed by atoms with van der Waals surface area (Å²) in [6.07, 6.45) is 0.922. The molecule has 0 heterocycles. The number of hydrogen-bond donors (Lipinski definition) is 1. The van der Waals surface area contributed by atoms with Gasteiger partial charge in [0.2, 0.25) is 11.8 Å². The predicted octanol–water partition coefficient (Wildman–Crippen LogP) is 7.05. The van der Waals surface area contributed by atoms with Crippen LogP contribution in [0.2, 0.25) is 10.0 Å². The highest BCUT2D eigenvalue weighted by Crippen LogP contribution is 2.30. The standard InChI is InChI=1S/C35H37Cl2N3O4S/c1-4-26(3)38-35(42)33(22-27-12-7-5-8-13-27)39(23-28-14-11-15-29(36)21-28)34(41)24-40(32-19-18-30(37)20-25(32)2)45(43,44)31-16-9-6-10-17-31/h5-21,26,33H,4,22-24H2,1-3H3,(H,38,42)/t26-,33-/m0/s1. The first-order chi connectivity index (χ1) is 21.5. The molecule has 4 rings (SSSR count). The van der Waals surface area contributed by atoms with Crippen LogP contribution in [0.25, 0.3) is 0 Å². The fraction of sp³-hybridized carbons (Fsp3) is 0.257. The number of halogens is 2. The van der Waals surface area contributed by atoms with Crippen molar-refractivity contribution in [3.8, 4) is 0 Å². The topological polar surface area (TPSA) is 86.8 Å². The molecule has 2 amide bonds. The van der Waals surface area contributed by atoms with Crippen LogP contribution in [0.3, 0.4) is 0 Å². The lowest BCUT2D eigenvalue weighted by molar-refractivity contribution is -0.140. The smallest absolute Gasteiger partial charge is 0.264 e. The largest absolute Gasteiger partial charge is 0.352 e. The maximum atomic E-state index is 14.5. The molecule has 4 aromatic rings. The van der Waals surface area contributed by atoms with Gasteiger partial charge in [0.05, 0.1) is 10.6 Å². The Labute approximate surface area is 275 Å². The Kier molecular flexibility index (Phi) is 11.7. The van der Waals surface area contributed by atoms with Gasteiger partial charge >= 0.3 is 0 Å². The van der Waals surface area contributed by atoms with E-state index in [0.29, 0.717) is 33.3 Å². The Balaban J connectivity index is 1.83. The van der Waals surface area contributed by atoms with Crippen LogP contribution in [0.4, 0.5) is 5.69 Å². The minimum absolute atomic E-state index is 0.0314. The molecule has 2 atom stereocenters. The van der Waals surface area contributed by atoms with Crippen LogP contribution in [-0.4, -0.2) is 43.8 Å². The maximum Gasteiger partial charge on any atom is 0.264 e. The van der Waals surface area contributed by atoms with Crippen molar-refractivity contribution in [3.05, 3.63) is 130 Å². The number of nitrogens with zero attached hydrogens (tertiary/aromatic N) is 2. The maximum absolute atomic E-state index is 14.5. The van der Waals surface area contributed by atoms with E-state index in [9.17, 15) is 18.0 Å². The highest BCUT2D eigenvalue weighted by Gasteiger charge is 2.35. The zero-order valence-electron chi connectivity index (χ0n) is 25.5. The van der Waals surface area contributed by atoms with Crippen molar-refractivity contribution in [2.45, 2.75) is 57.1 Å². The van der Waals surface area contributed by atoms with Crippen molar-refractivity contribution in [1.82, 2.24) is 10.2 Å². The van der Waals surface area contributed by atoms with Gasteiger partial charge < -0.3 is 10.2 Å². The predicted molar refractivity (Wildman–Crippen MR) is 181 cm³/mol. The molecule has 236 valence electrons. The van der Waals surface area contributed by atoms with Crippen molar-refractivity contribution in [3.63, 3.8) is 0 Å². The lowest BCUT2D eigenvalue weighted by atomic mass is 10.0. The van der Waals surface area contributed by atoms with Crippen LogP contribution in [0.1, 0.15) is 37.0 Å². The lowest BCUT2D eigenvalue weighted by Crippen LogP contribution is -2.54. The summed E-state index contributed by atoms with van der Waals surface area (Å²) in [7, 11) is -4.20. The second-order valence-electron chi connectivity index (χ2n) is 10.9. The number of amides is 2. The number of rotatable bonds is 13. The normalized spacial score (nSPS) is 12.6. The molecule has 4 aromatic carbocycles. The molecule has 0 bridgehead atoms. The SMILES string of the molecule is CC[C@H](C)NC(=O)[C@H](Cc1ccccc1)N(Cc1cccc(Cl)c1)C(=O)CN(c1ccc(Cl)cc1C)S(=O)(=O)c1ccccc1. The number of benzene rings is 4. The van der Waals surface area contributed by atoms with E-state index in [1.807, 2.05) is 50.2 Å². The molecule has 0 aromatic heterocycles. The van der Waals surface area contributed by atoms with Crippen LogP contribution < -0.4 is 9.62 Å². The van der Waals surface area contributed by atoms with Crippen molar-refractivity contribution < 1.29 is 18.0 Å². The zero-order chi connectivity index (χ0) is 32.6. The fourth-order valence-electron chi connectivity index (χ4n) is 4.96. The third-order valence-corrected chi connectivity index (χ3v) is 9.80. The van der Waals surface area contributed by atoms with E-state index in [2.05, 4.69) is 5.32 Å². The summed E-state index contributed by atoms with van der Waals surface area (Å²) in [6.45, 7) is 5.08. The van der Waals surface area contributed by atoms with Crippen LogP contribution >= 0.6 is 23.2 Å². The first-order valence-corrected chi connectivity index (χ1v) is 16.9. The minimum Gasteiger partial charge on any atom is -0.352 e. The molecular weight excluding hydrogens is 629 g/mol. The number of hydrogen-bond acceptors (Lipinski definition) is 4. The highest BCUT2D eigenvalue weighted by atomic mass is 35.5. The van der Waals surface area contributed by atoms with Crippen LogP contribution in [0.5, 0.6) is 0 Å². The number of carbonyl (C=O) groups excluding carboxylic acids is 2. The Bertz CT molecular complexity index is 1720. The van der Waals surface area contributed by atoms with E-state index < -0.39 is 28.5 Å². The van der Waals surface area contributed by atoms with Crippen molar-refractivity contribution in [2.24, 2.45) is 0 Å². The molecule has 0 fully saturated rings. The Hall–Kier alpha value is -3.85. The summed E-state index contributed by atoms with van der Waals surface area (Å²) in [4.78, 5) is 29.9. The van der Waals surface area contributed by atoms with Gasteiger partial charge in [-0.2, -0.15) is 0 Å². The molecule has 0 unspecified atom stereocenters. The van der Waals surface area contributed by atoms with Gasteiger partial charge in [-0.05, 0) is 79.4 Å². The summed E-state index contributed by atoms with van der Waals surface area (Å²) in [5.74, 6) is -0.882. The Morgan fingerprint density at radius 2 is 1.44 bits per heavy atom. The molecule has 0 spiro atoms. The third kappa shape index (κ3) is 8.87. The Morgan fingerprint density at radius 3 is 2.07 bits per heavy atom. The van der Waals surface area contributed by atoms with Crippen molar-refractivity contribution in [1.29, 1.82) is 0 Å². The van der Waals surface area contributed by atoms with Crippen LogP contribution in [-0.2, 0) is 32.6 Å². The highest BCUT2D eigenvalue weighted by molar-refractivity contribution is 7.92. The summed E-state index contributed by atoms with van der Waals surface area (Å²) in [5, 5.41) is 3.95. The molecule has 0 saturated carbocycles. The van der Waals surface area contributed by atoms with Gasteiger partial charge in [-0.3, -0.25) is 13.9 Å². The molecular formula is C35H37Cl2N3O4S. The molecule has 0 aliphatic rings. The number of aryl methyl sites for hydroxylation is 1. The van der Waals surface area contributed by atoms with Crippen LogP contribution in [0.15, 0.2) is 108 Å². The van der Waals surface area contributed by atoms with E-state index in [1.165, 1.54) is 17.0 Å². The monoisotopic (exact) mass is 665 g/mol. The average Bonchev–Trinajstić information content (AvgIpc) is 3.02. The molecule has 10 heteroatoms. The number of sulfonamides is 1. The van der Waals surface area contributed by atoms with Gasteiger partial charge in [-0.15, -0.1) is 0 Å². The van der Waals surface area contributed by atoms with Crippen LogP contribution in [0, 0.1) is 6.92 Å². The summed E-state index contributed by atoms with van der Waals surface area (Å²) >= 11 is 12.5. The summed E-state index contributed by atoms with van der Waals surface area (Å²) in [5.41, 5.74) is 2.44. The van der Waals surface area contributed by atoms with E-state index in [0.717, 1.165) is 9.87 Å². The number of carbonyl (C=O) groups is 2. The zero-order valence-corrected chi connectivity index (χ0v) is 27.8. The Morgan fingerprint density at radius 1 is 0.822 bits per heavy atom. The van der Waals surface area contributed by atoms with E-state index >= 15 is 0 Å². The lowest BCUT2D eigenvalue weighted by Gasteiger charge is -2.34. The molecule has 0 aliphatic carbocycles. The molecule has 0 aliphatic heterocycles. The first kappa shape index (κ1) is 34.0. The fourth-order valence-corrected chi connectivity index (χ4v) is 6.90. The summed E-state index contributed by atoms with van der Waals surface area (Å²) < 4.78 is 29.4. The number of anilines is 1. The van der Waals surface area contributed by atoms with Gasteiger partial charge in [0, 0.05) is 29.1 Å². The van der Waals surface area contributed by atoms with Gasteiger partial charge in [0.15, 0.2) is 0 Å². The van der Waals surface area contributed by atoms with Gasteiger partial charge in [-0.25, -0.2) is 8.42 Å².